The van der Waals surface area contributed by atoms with Crippen LogP contribution in [0, 0.1) is 0 Å². The summed E-state index contributed by atoms with van der Waals surface area (Å²) >= 11 is 0. The normalized spacial score (nSPS) is 29.2. The highest BCUT2D eigenvalue weighted by Crippen LogP contribution is 2.26. The zero-order valence-electron chi connectivity index (χ0n) is 10.8. The summed E-state index contributed by atoms with van der Waals surface area (Å²) in [5, 5.41) is 8.85. The lowest BCUT2D eigenvalue weighted by Crippen LogP contribution is -2.44. The number of rotatable bonds is 3. The Morgan fingerprint density at radius 2 is 1.67 bits per heavy atom. The molecule has 18 heavy (non-hydrogen) atoms. The molecule has 1 saturated heterocycles. The summed E-state index contributed by atoms with van der Waals surface area (Å²) < 4.78 is 5.31. The number of nitrogens with zero attached hydrogens (tertiary/aromatic N) is 1. The van der Waals surface area contributed by atoms with Gasteiger partial charge in [0.05, 0.1) is 0 Å². The smallest absolute Gasteiger partial charge is 0.332 e. The highest BCUT2D eigenvalue weighted by molar-refractivity contribution is 5.82. The molecule has 1 aliphatic carbocycles. The minimum atomic E-state index is -0.967. The Morgan fingerprint density at radius 3 is 2.22 bits per heavy atom. The van der Waals surface area contributed by atoms with Crippen molar-refractivity contribution < 1.29 is 19.4 Å². The second-order valence-electron chi connectivity index (χ2n) is 5.27. The molecule has 5 nitrogen and oxygen atoms in total. The van der Waals surface area contributed by atoms with Crippen molar-refractivity contribution in [2.75, 3.05) is 7.05 Å². The van der Waals surface area contributed by atoms with E-state index in [0.717, 1.165) is 12.8 Å². The monoisotopic (exact) mass is 255 g/mol. The van der Waals surface area contributed by atoms with Crippen LogP contribution < -0.4 is 0 Å². The van der Waals surface area contributed by atoms with Gasteiger partial charge in [-0.3, -0.25) is 4.79 Å². The lowest BCUT2D eigenvalue weighted by molar-refractivity contribution is -0.155. The third-order valence-corrected chi connectivity index (χ3v) is 4.04. The number of carboxylic acids is 1. The Bertz CT molecular complexity index is 325. The molecule has 2 rings (SSSR count). The Kier molecular flexibility index (Phi) is 4.22. The molecule has 2 unspecified atom stereocenters. The van der Waals surface area contributed by atoms with Gasteiger partial charge < -0.3 is 14.7 Å². The van der Waals surface area contributed by atoms with Crippen LogP contribution in [0.3, 0.4) is 0 Å². The molecule has 0 radical (unpaired) electrons. The second-order valence-corrected chi connectivity index (χ2v) is 5.27. The van der Waals surface area contributed by atoms with Crippen LogP contribution in [0.1, 0.15) is 44.9 Å². The van der Waals surface area contributed by atoms with Crippen molar-refractivity contribution in [1.82, 2.24) is 4.90 Å². The van der Waals surface area contributed by atoms with Crippen molar-refractivity contribution in [2.45, 2.75) is 63.2 Å². The molecule has 2 atom stereocenters. The molecule has 0 spiro atoms. The molecule has 0 bridgehead atoms. The number of ether oxygens (including phenoxy) is 1. The predicted molar refractivity (Wildman–Crippen MR) is 65.2 cm³/mol. The van der Waals surface area contributed by atoms with Gasteiger partial charge in [-0.2, -0.15) is 0 Å². The van der Waals surface area contributed by atoms with E-state index in [0.29, 0.717) is 18.9 Å². The third kappa shape index (κ3) is 2.83. The maximum atomic E-state index is 12.2. The van der Waals surface area contributed by atoms with E-state index in [-0.39, 0.29) is 5.91 Å². The summed E-state index contributed by atoms with van der Waals surface area (Å²) in [6.07, 6.45) is 5.29. The SMILES string of the molecule is CN(C(=O)C1CCC(C(=O)O)O1)C1CCCCC1. The molecule has 102 valence electrons. The predicted octanol–water partition coefficient (Wildman–Crippen LogP) is 1.41. The number of hydrogen-bond acceptors (Lipinski definition) is 3. The van der Waals surface area contributed by atoms with Gasteiger partial charge in [0.1, 0.15) is 6.10 Å². The first kappa shape index (κ1) is 13.3. The molecule has 1 heterocycles. The number of amides is 1. The van der Waals surface area contributed by atoms with Gasteiger partial charge in [0, 0.05) is 13.1 Å². The van der Waals surface area contributed by atoms with Gasteiger partial charge >= 0.3 is 5.97 Å². The summed E-state index contributed by atoms with van der Waals surface area (Å²) in [6, 6.07) is 0.304. The Balaban J connectivity index is 1.89. The molecular formula is C13H21NO4. The van der Waals surface area contributed by atoms with E-state index < -0.39 is 18.2 Å². The van der Waals surface area contributed by atoms with E-state index in [9.17, 15) is 9.59 Å². The van der Waals surface area contributed by atoms with Crippen LogP contribution in [0.4, 0.5) is 0 Å². The molecule has 0 aromatic rings. The van der Waals surface area contributed by atoms with Crippen molar-refractivity contribution in [1.29, 1.82) is 0 Å². The minimum Gasteiger partial charge on any atom is -0.479 e. The maximum absolute atomic E-state index is 12.2. The van der Waals surface area contributed by atoms with Crippen LogP contribution in [0.5, 0.6) is 0 Å². The van der Waals surface area contributed by atoms with Gasteiger partial charge in [-0.05, 0) is 25.7 Å². The zero-order chi connectivity index (χ0) is 13.1. The minimum absolute atomic E-state index is 0.0503. The van der Waals surface area contributed by atoms with Crippen molar-refractivity contribution >= 4 is 11.9 Å². The van der Waals surface area contributed by atoms with Crippen LogP contribution in [0.2, 0.25) is 0 Å². The number of likely N-dealkylation sites (N-methyl/N-ethyl adjacent to an activating group) is 1. The molecule has 0 aromatic carbocycles. The molecule has 1 amide bonds. The van der Waals surface area contributed by atoms with Gasteiger partial charge in [-0.25, -0.2) is 4.79 Å². The fraction of sp³-hybridized carbons (Fsp3) is 0.846. The first-order valence-corrected chi connectivity index (χ1v) is 6.74. The van der Waals surface area contributed by atoms with E-state index in [1.165, 1.54) is 19.3 Å². The van der Waals surface area contributed by atoms with Crippen LogP contribution >= 0.6 is 0 Å². The second kappa shape index (κ2) is 5.69. The van der Waals surface area contributed by atoms with Crippen molar-refractivity contribution in [3.05, 3.63) is 0 Å². The summed E-state index contributed by atoms with van der Waals surface area (Å²) in [6.45, 7) is 0. The van der Waals surface area contributed by atoms with Crippen molar-refractivity contribution in [2.24, 2.45) is 0 Å². The lowest BCUT2D eigenvalue weighted by Gasteiger charge is -2.32. The van der Waals surface area contributed by atoms with Gasteiger partial charge in [-0.15, -0.1) is 0 Å². The van der Waals surface area contributed by atoms with Crippen LogP contribution in [0.15, 0.2) is 0 Å². The molecule has 2 aliphatic rings. The van der Waals surface area contributed by atoms with E-state index in [4.69, 9.17) is 9.84 Å². The number of carbonyl (C=O) groups is 2. The van der Waals surface area contributed by atoms with E-state index >= 15 is 0 Å². The number of hydrogen-bond donors (Lipinski definition) is 1. The van der Waals surface area contributed by atoms with Crippen LogP contribution in [-0.2, 0) is 14.3 Å². The Hall–Kier alpha value is -1.10. The number of carboxylic acid groups (broad SMARTS) is 1. The molecular weight excluding hydrogens is 234 g/mol. The fourth-order valence-electron chi connectivity index (χ4n) is 2.88. The average Bonchev–Trinajstić information content (AvgIpc) is 2.88. The first-order valence-electron chi connectivity index (χ1n) is 6.74. The Labute approximate surface area is 107 Å². The van der Waals surface area contributed by atoms with Gasteiger partial charge in [0.15, 0.2) is 6.10 Å². The summed E-state index contributed by atoms with van der Waals surface area (Å²) in [5.74, 6) is -1.02. The topological polar surface area (TPSA) is 66.8 Å². The molecule has 1 aliphatic heterocycles. The lowest BCUT2D eigenvalue weighted by atomic mass is 9.94. The summed E-state index contributed by atoms with van der Waals surface area (Å²) in [7, 11) is 1.82. The zero-order valence-corrected chi connectivity index (χ0v) is 10.8. The van der Waals surface area contributed by atoms with Gasteiger partial charge in [-0.1, -0.05) is 19.3 Å². The molecule has 0 aromatic heterocycles. The number of aliphatic carboxylic acids is 1. The summed E-state index contributed by atoms with van der Waals surface area (Å²) in [4.78, 5) is 24.8. The largest absolute Gasteiger partial charge is 0.479 e. The third-order valence-electron chi connectivity index (χ3n) is 4.04. The quantitative estimate of drug-likeness (QED) is 0.828. The van der Waals surface area contributed by atoms with Crippen molar-refractivity contribution in [3.8, 4) is 0 Å². The molecule has 2 fully saturated rings. The standard InChI is InChI=1S/C13H21NO4/c1-14(9-5-3-2-4-6-9)12(15)10-7-8-11(18-10)13(16)17/h9-11H,2-8H2,1H3,(H,16,17). The molecule has 1 N–H and O–H groups in total. The maximum Gasteiger partial charge on any atom is 0.332 e. The number of carbonyl (C=O) groups excluding carboxylic acids is 1. The summed E-state index contributed by atoms with van der Waals surface area (Å²) in [5.41, 5.74) is 0. The van der Waals surface area contributed by atoms with Gasteiger partial charge in [0.25, 0.3) is 5.91 Å². The highest BCUT2D eigenvalue weighted by atomic mass is 16.5. The molecule has 5 heteroatoms. The van der Waals surface area contributed by atoms with Crippen LogP contribution in [-0.4, -0.2) is 47.2 Å². The highest BCUT2D eigenvalue weighted by Gasteiger charge is 2.37. The average molecular weight is 255 g/mol. The van der Waals surface area contributed by atoms with E-state index in [1.54, 1.807) is 4.90 Å². The Morgan fingerprint density at radius 1 is 1.06 bits per heavy atom. The first-order chi connectivity index (χ1) is 8.59. The van der Waals surface area contributed by atoms with Gasteiger partial charge in [0.2, 0.25) is 0 Å². The molecule has 1 saturated carbocycles. The van der Waals surface area contributed by atoms with E-state index in [2.05, 4.69) is 0 Å². The van der Waals surface area contributed by atoms with E-state index in [1.807, 2.05) is 7.05 Å². The van der Waals surface area contributed by atoms with Crippen LogP contribution in [0.25, 0.3) is 0 Å². The van der Waals surface area contributed by atoms with Crippen molar-refractivity contribution in [3.63, 3.8) is 0 Å². The fourth-order valence-corrected chi connectivity index (χ4v) is 2.88.